The van der Waals surface area contributed by atoms with Gasteiger partial charge in [-0.1, -0.05) is 41.9 Å². The molecule has 3 aromatic carbocycles. The second-order valence-electron chi connectivity index (χ2n) is 6.45. The first-order valence-corrected chi connectivity index (χ1v) is 9.13. The van der Waals surface area contributed by atoms with Crippen molar-refractivity contribution < 1.29 is 4.39 Å². The van der Waals surface area contributed by atoms with Gasteiger partial charge in [-0.15, -0.1) is 0 Å². The van der Waals surface area contributed by atoms with Crippen LogP contribution in [0.5, 0.6) is 0 Å². The molecule has 4 aromatic rings. The molecule has 0 aliphatic rings. The fraction of sp³-hybridized carbons (Fsp3) is 0.0435. The highest BCUT2D eigenvalue weighted by molar-refractivity contribution is 6.30. The van der Waals surface area contributed by atoms with Crippen molar-refractivity contribution in [2.24, 2.45) is 0 Å². The summed E-state index contributed by atoms with van der Waals surface area (Å²) in [7, 11) is 0. The van der Waals surface area contributed by atoms with Crippen LogP contribution >= 0.6 is 11.6 Å². The largest absolute Gasteiger partial charge is 0.268 e. The van der Waals surface area contributed by atoms with E-state index in [1.165, 1.54) is 12.1 Å². The molecule has 0 atom stereocenters. The van der Waals surface area contributed by atoms with Crippen molar-refractivity contribution in [3.05, 3.63) is 105 Å². The number of para-hydroxylation sites is 1. The first kappa shape index (κ1) is 18.1. The molecule has 5 heteroatoms. The maximum Gasteiger partial charge on any atom is 0.266 e. The molecule has 0 amide bonds. The zero-order valence-electron chi connectivity index (χ0n) is 15.1. The highest BCUT2D eigenvalue weighted by atomic mass is 35.5. The monoisotopic (exact) mass is 390 g/mol. The minimum absolute atomic E-state index is 0.171. The fourth-order valence-electron chi connectivity index (χ4n) is 3.15. The summed E-state index contributed by atoms with van der Waals surface area (Å²) in [5, 5.41) is 1.12. The molecule has 1 heterocycles. The van der Waals surface area contributed by atoms with Gasteiger partial charge in [0.2, 0.25) is 0 Å². The summed E-state index contributed by atoms with van der Waals surface area (Å²) < 4.78 is 15.0. The van der Waals surface area contributed by atoms with Crippen molar-refractivity contribution in [2.75, 3.05) is 0 Å². The van der Waals surface area contributed by atoms with E-state index in [0.29, 0.717) is 33.0 Å². The second-order valence-corrected chi connectivity index (χ2v) is 6.88. The lowest BCUT2D eigenvalue weighted by Gasteiger charge is -2.14. The highest BCUT2D eigenvalue weighted by Crippen LogP contribution is 2.21. The highest BCUT2D eigenvalue weighted by Gasteiger charge is 2.13. The summed E-state index contributed by atoms with van der Waals surface area (Å²) in [6.45, 7) is 1.89. The summed E-state index contributed by atoms with van der Waals surface area (Å²) in [6.07, 6.45) is 3.46. The summed E-state index contributed by atoms with van der Waals surface area (Å²) in [4.78, 5) is 17.9. The number of aromatic nitrogens is 2. The molecule has 0 fully saturated rings. The van der Waals surface area contributed by atoms with E-state index in [4.69, 9.17) is 11.6 Å². The van der Waals surface area contributed by atoms with E-state index in [1.54, 1.807) is 59.2 Å². The van der Waals surface area contributed by atoms with Gasteiger partial charge in [-0.25, -0.2) is 9.37 Å². The number of rotatable bonds is 3. The quantitative estimate of drug-likeness (QED) is 0.452. The van der Waals surface area contributed by atoms with Crippen LogP contribution in [0.4, 0.5) is 4.39 Å². The molecule has 0 saturated heterocycles. The first-order valence-electron chi connectivity index (χ1n) is 8.75. The molecule has 0 saturated carbocycles. The lowest BCUT2D eigenvalue weighted by Crippen LogP contribution is -2.23. The molecule has 0 aliphatic carbocycles. The zero-order valence-corrected chi connectivity index (χ0v) is 15.8. The minimum atomic E-state index is -0.320. The average Bonchev–Trinajstić information content (AvgIpc) is 2.68. The molecular formula is C23H16ClFN2O. The Morgan fingerprint density at radius 1 is 1.00 bits per heavy atom. The summed E-state index contributed by atoms with van der Waals surface area (Å²) in [5.41, 5.74) is 2.67. The van der Waals surface area contributed by atoms with Crippen molar-refractivity contribution in [1.29, 1.82) is 0 Å². The van der Waals surface area contributed by atoms with Gasteiger partial charge in [-0.2, -0.15) is 0 Å². The number of halogens is 2. The van der Waals surface area contributed by atoms with Crippen LogP contribution in [-0.2, 0) is 0 Å². The zero-order chi connectivity index (χ0) is 19.7. The van der Waals surface area contributed by atoms with Gasteiger partial charge in [0, 0.05) is 5.02 Å². The molecule has 0 unspecified atom stereocenters. The van der Waals surface area contributed by atoms with Gasteiger partial charge in [-0.3, -0.25) is 9.36 Å². The Labute approximate surface area is 166 Å². The number of hydrogen-bond donors (Lipinski definition) is 0. The van der Waals surface area contributed by atoms with E-state index in [-0.39, 0.29) is 11.4 Å². The van der Waals surface area contributed by atoms with Crippen LogP contribution in [0, 0.1) is 12.7 Å². The molecular weight excluding hydrogens is 375 g/mol. The molecule has 3 nitrogen and oxygen atoms in total. The van der Waals surface area contributed by atoms with Crippen molar-refractivity contribution in [2.45, 2.75) is 6.92 Å². The Kier molecular flexibility index (Phi) is 4.80. The molecule has 0 bridgehead atoms. The van der Waals surface area contributed by atoms with E-state index in [2.05, 4.69) is 4.98 Å². The van der Waals surface area contributed by atoms with E-state index in [9.17, 15) is 9.18 Å². The normalized spacial score (nSPS) is 11.4. The van der Waals surface area contributed by atoms with E-state index < -0.39 is 0 Å². The number of nitrogens with zero attached hydrogens (tertiary/aromatic N) is 2. The SMILES string of the molecule is Cc1cc(Cl)ccc1-n1c(C=Cc2cccc(F)c2)nc2ccccc2c1=O. The Hall–Kier alpha value is -3.24. The molecule has 4 rings (SSSR count). The van der Waals surface area contributed by atoms with Crippen molar-refractivity contribution in [3.8, 4) is 5.69 Å². The van der Waals surface area contributed by atoms with E-state index >= 15 is 0 Å². The van der Waals surface area contributed by atoms with E-state index in [1.807, 2.05) is 19.1 Å². The Balaban J connectivity index is 1.97. The van der Waals surface area contributed by atoms with Crippen LogP contribution in [0.15, 0.2) is 71.5 Å². The van der Waals surface area contributed by atoms with Gasteiger partial charge in [0.05, 0.1) is 16.6 Å². The topological polar surface area (TPSA) is 34.9 Å². The predicted octanol–water partition coefficient (Wildman–Crippen LogP) is 5.66. The standard InChI is InChI=1S/C23H16ClFN2O/c1-15-13-17(24)10-11-21(15)27-22(12-9-16-5-4-6-18(25)14-16)26-20-8-3-2-7-19(20)23(27)28/h2-14H,1H3. The van der Waals surface area contributed by atoms with Crippen LogP contribution in [0.25, 0.3) is 28.7 Å². The van der Waals surface area contributed by atoms with Crippen LogP contribution in [-0.4, -0.2) is 9.55 Å². The van der Waals surface area contributed by atoms with Crippen LogP contribution in [0.1, 0.15) is 17.0 Å². The fourth-order valence-corrected chi connectivity index (χ4v) is 3.37. The predicted molar refractivity (Wildman–Crippen MR) is 112 cm³/mol. The number of fused-ring (bicyclic) bond motifs is 1. The van der Waals surface area contributed by atoms with Gasteiger partial charge in [-0.05, 0) is 66.6 Å². The van der Waals surface area contributed by atoms with Crippen LogP contribution in [0.3, 0.4) is 0 Å². The maximum absolute atomic E-state index is 13.5. The molecule has 28 heavy (non-hydrogen) atoms. The molecule has 0 aliphatic heterocycles. The molecule has 0 spiro atoms. The number of benzene rings is 3. The molecule has 138 valence electrons. The smallest absolute Gasteiger partial charge is 0.266 e. The lowest BCUT2D eigenvalue weighted by molar-refractivity contribution is 0.627. The third-order valence-electron chi connectivity index (χ3n) is 4.47. The van der Waals surface area contributed by atoms with Gasteiger partial charge in [0.25, 0.3) is 5.56 Å². The Morgan fingerprint density at radius 3 is 2.61 bits per heavy atom. The summed E-state index contributed by atoms with van der Waals surface area (Å²) in [5.74, 6) is 0.137. The van der Waals surface area contributed by atoms with Gasteiger partial charge < -0.3 is 0 Å². The summed E-state index contributed by atoms with van der Waals surface area (Å²) in [6, 6.07) is 18.8. The van der Waals surface area contributed by atoms with Gasteiger partial charge >= 0.3 is 0 Å². The molecule has 1 aromatic heterocycles. The second kappa shape index (κ2) is 7.41. The number of aryl methyl sites for hydroxylation is 1. The van der Waals surface area contributed by atoms with Gasteiger partial charge in [0.1, 0.15) is 11.6 Å². The third kappa shape index (κ3) is 3.47. The minimum Gasteiger partial charge on any atom is -0.268 e. The first-order chi connectivity index (χ1) is 13.5. The molecule has 0 N–H and O–H groups in total. The van der Waals surface area contributed by atoms with E-state index in [0.717, 1.165) is 5.56 Å². The molecule has 0 radical (unpaired) electrons. The van der Waals surface area contributed by atoms with Crippen molar-refractivity contribution >= 4 is 34.7 Å². The lowest BCUT2D eigenvalue weighted by atomic mass is 10.1. The van der Waals surface area contributed by atoms with Gasteiger partial charge in [0.15, 0.2) is 0 Å². The average molecular weight is 391 g/mol. The number of hydrogen-bond acceptors (Lipinski definition) is 2. The maximum atomic E-state index is 13.5. The van der Waals surface area contributed by atoms with Crippen LogP contribution in [0.2, 0.25) is 5.02 Å². The Morgan fingerprint density at radius 2 is 1.82 bits per heavy atom. The van der Waals surface area contributed by atoms with Crippen molar-refractivity contribution in [1.82, 2.24) is 9.55 Å². The third-order valence-corrected chi connectivity index (χ3v) is 4.71. The Bertz CT molecular complexity index is 1280. The summed E-state index contributed by atoms with van der Waals surface area (Å²) >= 11 is 6.08. The van der Waals surface area contributed by atoms with Crippen LogP contribution < -0.4 is 5.56 Å². The van der Waals surface area contributed by atoms with Crippen molar-refractivity contribution in [3.63, 3.8) is 0 Å².